The highest BCUT2D eigenvalue weighted by Gasteiger charge is 2.27. The van der Waals surface area contributed by atoms with Crippen LogP contribution in [0.15, 0.2) is 48.5 Å². The van der Waals surface area contributed by atoms with Gasteiger partial charge in [-0.05, 0) is 36.9 Å². The fraction of sp³-hybridized carbons (Fsp3) is 0.348. The Hall–Kier alpha value is -2.70. The smallest absolute Gasteiger partial charge is 0.132 e. The molecule has 1 aromatic heterocycles. The third kappa shape index (κ3) is 3.54. The van der Waals surface area contributed by atoms with E-state index in [0.29, 0.717) is 12.1 Å². The third-order valence-electron chi connectivity index (χ3n) is 5.73. The first-order valence-electron chi connectivity index (χ1n) is 10.1. The molecule has 3 heterocycles. The van der Waals surface area contributed by atoms with E-state index in [1.165, 1.54) is 17.3 Å². The Morgan fingerprint density at radius 2 is 1.86 bits per heavy atom. The van der Waals surface area contributed by atoms with Crippen molar-refractivity contribution in [1.29, 1.82) is 0 Å². The quantitative estimate of drug-likeness (QED) is 0.680. The highest BCUT2D eigenvalue weighted by Crippen LogP contribution is 2.34. The van der Waals surface area contributed by atoms with Crippen LogP contribution in [0.4, 0.5) is 10.1 Å². The Balaban J connectivity index is 1.51. The molecule has 3 aromatic rings. The largest absolute Gasteiger partial charge is 0.378 e. The summed E-state index contributed by atoms with van der Waals surface area (Å²) >= 11 is 0. The number of aromatic nitrogens is 2. The van der Waals surface area contributed by atoms with Crippen molar-refractivity contribution in [3.63, 3.8) is 0 Å². The minimum atomic E-state index is -0.201. The van der Waals surface area contributed by atoms with Gasteiger partial charge in [-0.2, -0.15) is 5.10 Å². The third-order valence-corrected chi connectivity index (χ3v) is 5.73. The molecule has 0 unspecified atom stereocenters. The molecule has 2 aromatic carbocycles. The Kier molecular flexibility index (Phi) is 4.81. The van der Waals surface area contributed by atoms with Crippen LogP contribution in [0.5, 0.6) is 0 Å². The molecule has 0 spiro atoms. The Bertz CT molecular complexity index is 1030. The average Bonchev–Trinajstić information content (AvgIpc) is 3.25. The molecule has 5 rings (SSSR count). The van der Waals surface area contributed by atoms with Crippen LogP contribution in [0.3, 0.4) is 0 Å². The summed E-state index contributed by atoms with van der Waals surface area (Å²) in [6, 6.07) is 15.6. The summed E-state index contributed by atoms with van der Waals surface area (Å²) in [7, 11) is 2.07. The number of rotatable bonds is 4. The number of anilines is 1. The van der Waals surface area contributed by atoms with Crippen molar-refractivity contribution in [3.8, 4) is 11.3 Å². The number of morpholine rings is 1. The van der Waals surface area contributed by atoms with E-state index in [9.17, 15) is 4.39 Å². The zero-order valence-electron chi connectivity index (χ0n) is 16.6. The molecule has 0 radical (unpaired) electrons. The lowest BCUT2D eigenvalue weighted by Gasteiger charge is -2.29. The van der Waals surface area contributed by atoms with E-state index < -0.39 is 0 Å². The molecule has 1 saturated heterocycles. The van der Waals surface area contributed by atoms with E-state index in [4.69, 9.17) is 9.84 Å². The lowest BCUT2D eigenvalue weighted by atomic mass is 10.1. The van der Waals surface area contributed by atoms with E-state index >= 15 is 0 Å². The SMILES string of the molecule is CN1Cc2nn(Cc3cccc(N4CCOCC4)c3)c(-c3ccccc3F)c2C1. The predicted molar refractivity (Wildman–Crippen MR) is 111 cm³/mol. The van der Waals surface area contributed by atoms with E-state index in [0.717, 1.165) is 56.3 Å². The summed E-state index contributed by atoms with van der Waals surface area (Å²) in [4.78, 5) is 4.56. The summed E-state index contributed by atoms with van der Waals surface area (Å²) in [5.41, 5.74) is 6.09. The molecule has 150 valence electrons. The fourth-order valence-corrected chi connectivity index (χ4v) is 4.34. The minimum Gasteiger partial charge on any atom is -0.378 e. The van der Waals surface area contributed by atoms with Gasteiger partial charge in [-0.1, -0.05) is 24.3 Å². The first-order chi connectivity index (χ1) is 14.2. The molecule has 29 heavy (non-hydrogen) atoms. The standard InChI is InChI=1S/C23H25FN4O/c1-26-15-20-22(16-26)25-28(23(20)19-7-2-3-8-21(19)24)14-17-5-4-6-18(13-17)27-9-11-29-12-10-27/h2-8,13H,9-12,14-16H2,1H3. The highest BCUT2D eigenvalue weighted by molar-refractivity contribution is 5.66. The molecular weight excluding hydrogens is 367 g/mol. The Morgan fingerprint density at radius 1 is 1.03 bits per heavy atom. The number of hydrogen-bond acceptors (Lipinski definition) is 4. The van der Waals surface area contributed by atoms with Gasteiger partial charge >= 0.3 is 0 Å². The maximum Gasteiger partial charge on any atom is 0.132 e. The van der Waals surface area contributed by atoms with Crippen LogP contribution < -0.4 is 4.90 Å². The van der Waals surface area contributed by atoms with Gasteiger partial charge in [0.2, 0.25) is 0 Å². The van der Waals surface area contributed by atoms with Gasteiger partial charge in [0.05, 0.1) is 31.1 Å². The topological polar surface area (TPSA) is 33.5 Å². The lowest BCUT2D eigenvalue weighted by Crippen LogP contribution is -2.36. The molecule has 0 aliphatic carbocycles. The molecular formula is C23H25FN4O. The fourth-order valence-electron chi connectivity index (χ4n) is 4.34. The zero-order valence-corrected chi connectivity index (χ0v) is 16.6. The van der Waals surface area contributed by atoms with E-state index in [1.54, 1.807) is 6.07 Å². The van der Waals surface area contributed by atoms with Crippen LogP contribution in [0.1, 0.15) is 16.8 Å². The number of ether oxygens (including phenoxy) is 1. The Morgan fingerprint density at radius 3 is 2.69 bits per heavy atom. The molecule has 5 nitrogen and oxygen atoms in total. The molecule has 0 bridgehead atoms. The summed E-state index contributed by atoms with van der Waals surface area (Å²) in [6.45, 7) is 5.57. The van der Waals surface area contributed by atoms with Crippen LogP contribution >= 0.6 is 0 Å². The lowest BCUT2D eigenvalue weighted by molar-refractivity contribution is 0.122. The summed E-state index contributed by atoms with van der Waals surface area (Å²) < 4.78 is 22.1. The molecule has 2 aliphatic heterocycles. The van der Waals surface area contributed by atoms with Gasteiger partial charge in [-0.3, -0.25) is 9.58 Å². The van der Waals surface area contributed by atoms with Crippen LogP contribution in [0, 0.1) is 5.82 Å². The monoisotopic (exact) mass is 392 g/mol. The Labute approximate surface area is 170 Å². The molecule has 0 N–H and O–H groups in total. The van der Waals surface area contributed by atoms with Crippen molar-refractivity contribution in [3.05, 3.63) is 71.2 Å². The molecule has 1 fully saturated rings. The van der Waals surface area contributed by atoms with Crippen molar-refractivity contribution in [2.75, 3.05) is 38.3 Å². The number of halogens is 1. The van der Waals surface area contributed by atoms with Crippen LogP contribution in [0.25, 0.3) is 11.3 Å². The molecule has 2 aliphatic rings. The number of benzene rings is 2. The van der Waals surface area contributed by atoms with Gasteiger partial charge in [0.15, 0.2) is 0 Å². The van der Waals surface area contributed by atoms with Gasteiger partial charge in [0, 0.05) is 43.0 Å². The first-order valence-corrected chi connectivity index (χ1v) is 10.1. The van der Waals surface area contributed by atoms with Crippen molar-refractivity contribution in [2.24, 2.45) is 0 Å². The van der Waals surface area contributed by atoms with E-state index in [1.807, 2.05) is 16.8 Å². The van der Waals surface area contributed by atoms with Crippen molar-refractivity contribution >= 4 is 5.69 Å². The van der Waals surface area contributed by atoms with E-state index in [-0.39, 0.29) is 5.82 Å². The van der Waals surface area contributed by atoms with E-state index in [2.05, 4.69) is 41.1 Å². The van der Waals surface area contributed by atoms with Crippen molar-refractivity contribution in [2.45, 2.75) is 19.6 Å². The van der Waals surface area contributed by atoms with Crippen molar-refractivity contribution < 1.29 is 9.13 Å². The summed E-state index contributed by atoms with van der Waals surface area (Å²) in [5.74, 6) is -0.201. The number of fused-ring (bicyclic) bond motifs is 1. The van der Waals surface area contributed by atoms with Gasteiger partial charge in [-0.25, -0.2) is 4.39 Å². The van der Waals surface area contributed by atoms with Crippen LogP contribution in [0.2, 0.25) is 0 Å². The first kappa shape index (κ1) is 18.3. The normalized spacial score (nSPS) is 17.0. The predicted octanol–water partition coefficient (Wildman–Crippen LogP) is 3.52. The van der Waals surface area contributed by atoms with Gasteiger partial charge < -0.3 is 9.64 Å². The number of nitrogens with zero attached hydrogens (tertiary/aromatic N) is 4. The van der Waals surface area contributed by atoms with Crippen LogP contribution in [-0.2, 0) is 24.4 Å². The molecule has 0 amide bonds. The second kappa shape index (κ2) is 7.61. The summed E-state index contributed by atoms with van der Waals surface area (Å²) in [5, 5.41) is 4.87. The van der Waals surface area contributed by atoms with Gasteiger partial charge in [-0.15, -0.1) is 0 Å². The number of hydrogen-bond donors (Lipinski definition) is 0. The van der Waals surface area contributed by atoms with Gasteiger partial charge in [0.25, 0.3) is 0 Å². The second-order valence-corrected chi connectivity index (χ2v) is 7.85. The maximum absolute atomic E-state index is 14.7. The second-order valence-electron chi connectivity index (χ2n) is 7.85. The molecule has 0 saturated carbocycles. The zero-order chi connectivity index (χ0) is 19.8. The van der Waals surface area contributed by atoms with Gasteiger partial charge in [0.1, 0.15) is 5.82 Å². The maximum atomic E-state index is 14.7. The summed E-state index contributed by atoms with van der Waals surface area (Å²) in [6.07, 6.45) is 0. The average molecular weight is 392 g/mol. The molecule has 0 atom stereocenters. The minimum absolute atomic E-state index is 0.201. The molecule has 6 heteroatoms. The van der Waals surface area contributed by atoms with Crippen LogP contribution in [-0.4, -0.2) is 48.0 Å². The highest BCUT2D eigenvalue weighted by atomic mass is 19.1. The van der Waals surface area contributed by atoms with Crippen molar-refractivity contribution in [1.82, 2.24) is 14.7 Å².